The van der Waals surface area contributed by atoms with Crippen LogP contribution in [0.2, 0.25) is 5.02 Å². The quantitative estimate of drug-likeness (QED) is 0.846. The standard InChI is InChI=1S/C12H10BrClN2O/c1-7-4-9(2-3-11(7)15)17-12-10(14)5-8(13)6-16-12/h2-6H,15H2,1H3. The minimum absolute atomic E-state index is 0.374. The highest BCUT2D eigenvalue weighted by molar-refractivity contribution is 9.10. The molecule has 0 saturated carbocycles. The molecule has 1 aromatic heterocycles. The van der Waals surface area contributed by atoms with Crippen LogP contribution in [0.15, 0.2) is 34.9 Å². The summed E-state index contributed by atoms with van der Waals surface area (Å²) in [6, 6.07) is 7.14. The van der Waals surface area contributed by atoms with Crippen LogP contribution in [0, 0.1) is 6.92 Å². The summed E-state index contributed by atoms with van der Waals surface area (Å²) >= 11 is 9.29. The number of benzene rings is 1. The third-order valence-electron chi connectivity index (χ3n) is 2.23. The van der Waals surface area contributed by atoms with E-state index in [-0.39, 0.29) is 0 Å². The van der Waals surface area contributed by atoms with E-state index in [2.05, 4.69) is 20.9 Å². The minimum atomic E-state index is 0.374. The van der Waals surface area contributed by atoms with Gasteiger partial charge in [0.2, 0.25) is 5.88 Å². The number of halogens is 2. The molecule has 0 aliphatic rings. The molecule has 88 valence electrons. The third-order valence-corrected chi connectivity index (χ3v) is 2.93. The fraction of sp³-hybridized carbons (Fsp3) is 0.0833. The molecule has 0 spiro atoms. The van der Waals surface area contributed by atoms with E-state index in [1.807, 2.05) is 13.0 Å². The van der Waals surface area contributed by atoms with Crippen molar-refractivity contribution in [3.8, 4) is 11.6 Å². The molecule has 3 nitrogen and oxygen atoms in total. The Morgan fingerprint density at radius 1 is 1.35 bits per heavy atom. The van der Waals surface area contributed by atoms with Gasteiger partial charge >= 0.3 is 0 Å². The molecule has 0 radical (unpaired) electrons. The molecule has 17 heavy (non-hydrogen) atoms. The van der Waals surface area contributed by atoms with Gasteiger partial charge in [0.25, 0.3) is 0 Å². The van der Waals surface area contributed by atoms with Crippen molar-refractivity contribution in [2.24, 2.45) is 0 Å². The highest BCUT2D eigenvalue weighted by Crippen LogP contribution is 2.30. The van der Waals surface area contributed by atoms with Crippen molar-refractivity contribution in [1.29, 1.82) is 0 Å². The van der Waals surface area contributed by atoms with Crippen molar-refractivity contribution in [2.45, 2.75) is 6.92 Å². The van der Waals surface area contributed by atoms with Gasteiger partial charge in [-0.15, -0.1) is 0 Å². The fourth-order valence-corrected chi connectivity index (χ4v) is 1.97. The number of hydrogen-bond donors (Lipinski definition) is 1. The molecule has 2 N–H and O–H groups in total. The van der Waals surface area contributed by atoms with Gasteiger partial charge in [-0.05, 0) is 52.7 Å². The number of aryl methyl sites for hydroxylation is 1. The van der Waals surface area contributed by atoms with Gasteiger partial charge < -0.3 is 10.5 Å². The van der Waals surface area contributed by atoms with Crippen LogP contribution in [0.3, 0.4) is 0 Å². The number of ether oxygens (including phenoxy) is 1. The average molecular weight is 314 g/mol. The predicted octanol–water partition coefficient (Wildman–Crippen LogP) is 4.18. The molecule has 0 bridgehead atoms. The van der Waals surface area contributed by atoms with Crippen LogP contribution in [0.5, 0.6) is 11.6 Å². The summed E-state index contributed by atoms with van der Waals surface area (Å²) < 4.78 is 6.39. The van der Waals surface area contributed by atoms with Gasteiger partial charge in [0, 0.05) is 16.4 Å². The van der Waals surface area contributed by atoms with Crippen molar-refractivity contribution < 1.29 is 4.74 Å². The molecule has 2 aromatic rings. The second-order valence-corrected chi connectivity index (χ2v) is 4.88. The summed E-state index contributed by atoms with van der Waals surface area (Å²) in [6.45, 7) is 1.92. The first kappa shape index (κ1) is 12.2. The first-order chi connectivity index (χ1) is 8.06. The SMILES string of the molecule is Cc1cc(Oc2ncc(Br)cc2Cl)ccc1N. The molecule has 0 unspecified atom stereocenters. The van der Waals surface area contributed by atoms with Crippen molar-refractivity contribution in [3.05, 3.63) is 45.5 Å². The van der Waals surface area contributed by atoms with Gasteiger partial charge in [0.05, 0.1) is 0 Å². The summed E-state index contributed by atoms with van der Waals surface area (Å²) in [6.07, 6.45) is 1.63. The zero-order valence-electron chi connectivity index (χ0n) is 9.08. The van der Waals surface area contributed by atoms with Gasteiger partial charge in [-0.3, -0.25) is 0 Å². The first-order valence-corrected chi connectivity index (χ1v) is 6.08. The number of nitrogens with zero attached hydrogens (tertiary/aromatic N) is 1. The highest BCUT2D eigenvalue weighted by Gasteiger charge is 2.06. The van der Waals surface area contributed by atoms with Crippen molar-refractivity contribution in [2.75, 3.05) is 5.73 Å². The maximum Gasteiger partial charge on any atom is 0.238 e. The molecular formula is C12H10BrClN2O. The number of nitrogens with two attached hydrogens (primary N) is 1. The molecule has 5 heteroatoms. The zero-order valence-corrected chi connectivity index (χ0v) is 11.4. The number of pyridine rings is 1. The van der Waals surface area contributed by atoms with Gasteiger partial charge in [-0.1, -0.05) is 11.6 Å². The Kier molecular flexibility index (Phi) is 3.54. The Hall–Kier alpha value is -1.26. The Bertz CT molecular complexity index is 560. The maximum absolute atomic E-state index is 6.01. The molecule has 0 aliphatic carbocycles. The molecule has 0 aliphatic heterocycles. The molecule has 1 heterocycles. The van der Waals surface area contributed by atoms with Crippen LogP contribution in [0.4, 0.5) is 5.69 Å². The Labute approximate surface area is 113 Å². The van der Waals surface area contributed by atoms with E-state index in [0.717, 1.165) is 15.7 Å². The van der Waals surface area contributed by atoms with E-state index >= 15 is 0 Å². The van der Waals surface area contributed by atoms with Crippen LogP contribution in [0.1, 0.15) is 5.56 Å². The fourth-order valence-electron chi connectivity index (χ4n) is 1.30. The lowest BCUT2D eigenvalue weighted by Gasteiger charge is -2.08. The summed E-state index contributed by atoms with van der Waals surface area (Å²) in [5.41, 5.74) is 7.41. The topological polar surface area (TPSA) is 48.1 Å². The number of rotatable bonds is 2. The first-order valence-electron chi connectivity index (χ1n) is 4.91. The molecule has 0 fully saturated rings. The number of hydrogen-bond acceptors (Lipinski definition) is 3. The Morgan fingerprint density at radius 2 is 2.12 bits per heavy atom. The maximum atomic E-state index is 6.01. The van der Waals surface area contributed by atoms with Crippen LogP contribution in [-0.4, -0.2) is 4.98 Å². The molecule has 0 atom stereocenters. The summed E-state index contributed by atoms with van der Waals surface area (Å²) in [4.78, 5) is 4.09. The Morgan fingerprint density at radius 3 is 2.76 bits per heavy atom. The molecule has 0 saturated heterocycles. The van der Waals surface area contributed by atoms with Crippen molar-refractivity contribution in [1.82, 2.24) is 4.98 Å². The van der Waals surface area contributed by atoms with Gasteiger partial charge in [0.1, 0.15) is 10.8 Å². The van der Waals surface area contributed by atoms with E-state index < -0.39 is 0 Å². The van der Waals surface area contributed by atoms with Crippen LogP contribution < -0.4 is 10.5 Å². The third kappa shape index (κ3) is 2.90. The highest BCUT2D eigenvalue weighted by atomic mass is 79.9. The number of nitrogen functional groups attached to an aromatic ring is 1. The molecule has 2 rings (SSSR count). The van der Waals surface area contributed by atoms with Crippen molar-refractivity contribution in [3.63, 3.8) is 0 Å². The van der Waals surface area contributed by atoms with E-state index in [9.17, 15) is 0 Å². The Balaban J connectivity index is 2.28. The second-order valence-electron chi connectivity index (χ2n) is 3.56. The normalized spacial score (nSPS) is 10.3. The van der Waals surface area contributed by atoms with Crippen LogP contribution in [0.25, 0.3) is 0 Å². The molecule has 1 aromatic carbocycles. The van der Waals surface area contributed by atoms with Crippen molar-refractivity contribution >= 4 is 33.2 Å². The molecular weight excluding hydrogens is 304 g/mol. The zero-order chi connectivity index (χ0) is 12.4. The lowest BCUT2D eigenvalue weighted by Crippen LogP contribution is -1.92. The lowest BCUT2D eigenvalue weighted by molar-refractivity contribution is 0.463. The summed E-state index contributed by atoms with van der Waals surface area (Å²) in [5, 5.41) is 0.453. The van der Waals surface area contributed by atoms with E-state index in [1.165, 1.54) is 0 Å². The second kappa shape index (κ2) is 4.94. The number of aromatic nitrogens is 1. The van der Waals surface area contributed by atoms with E-state index in [4.69, 9.17) is 22.1 Å². The largest absolute Gasteiger partial charge is 0.438 e. The van der Waals surface area contributed by atoms with Gasteiger partial charge in [0.15, 0.2) is 0 Å². The minimum Gasteiger partial charge on any atom is -0.438 e. The monoisotopic (exact) mass is 312 g/mol. The number of anilines is 1. The van der Waals surface area contributed by atoms with E-state index in [0.29, 0.717) is 16.7 Å². The predicted molar refractivity (Wildman–Crippen MR) is 72.6 cm³/mol. The van der Waals surface area contributed by atoms with E-state index in [1.54, 1.807) is 24.4 Å². The average Bonchev–Trinajstić information content (AvgIpc) is 2.27. The van der Waals surface area contributed by atoms with Gasteiger partial charge in [-0.25, -0.2) is 4.98 Å². The summed E-state index contributed by atoms with van der Waals surface area (Å²) in [7, 11) is 0. The van der Waals surface area contributed by atoms with Crippen LogP contribution in [-0.2, 0) is 0 Å². The van der Waals surface area contributed by atoms with Crippen LogP contribution >= 0.6 is 27.5 Å². The smallest absolute Gasteiger partial charge is 0.238 e. The lowest BCUT2D eigenvalue weighted by atomic mass is 10.2. The summed E-state index contributed by atoms with van der Waals surface area (Å²) in [5.74, 6) is 1.03. The molecule has 0 amide bonds. The van der Waals surface area contributed by atoms with Gasteiger partial charge in [-0.2, -0.15) is 0 Å².